The Bertz CT molecular complexity index is 133. The summed E-state index contributed by atoms with van der Waals surface area (Å²) in [7, 11) is 0. The molecular weight excluding hydrogens is 126 g/mol. The van der Waals surface area contributed by atoms with Crippen LogP contribution in [0.2, 0.25) is 0 Å². The van der Waals surface area contributed by atoms with Gasteiger partial charge in [-0.15, -0.1) is 0 Å². The van der Waals surface area contributed by atoms with Crippen LogP contribution in [0.5, 0.6) is 0 Å². The van der Waals surface area contributed by atoms with Crippen LogP contribution in [-0.4, -0.2) is 18.7 Å². The van der Waals surface area contributed by atoms with Crippen molar-refractivity contribution in [3.05, 3.63) is 0 Å². The molecule has 4 heteroatoms. The fraction of sp³-hybridized carbons (Fsp3) is 0.800. The van der Waals surface area contributed by atoms with Crippen molar-refractivity contribution < 1.29 is 8.78 Å². The van der Waals surface area contributed by atoms with Gasteiger partial charge in [0.25, 0.3) is 6.43 Å². The van der Waals surface area contributed by atoms with E-state index in [1.54, 1.807) is 6.92 Å². The van der Waals surface area contributed by atoms with Gasteiger partial charge in [-0.3, -0.25) is 0 Å². The average Bonchev–Trinajstić information content (AvgIpc) is 2.13. The molecule has 0 saturated heterocycles. The van der Waals surface area contributed by atoms with Crippen molar-refractivity contribution in [2.24, 2.45) is 11.0 Å². The monoisotopic (exact) mass is 134 g/mol. The maximum absolute atomic E-state index is 11.8. The van der Waals surface area contributed by atoms with E-state index in [2.05, 4.69) is 10.5 Å². The molecule has 0 saturated carbocycles. The van der Waals surface area contributed by atoms with Crippen molar-refractivity contribution in [3.8, 4) is 0 Å². The number of hydrogen-bond acceptors (Lipinski definition) is 2. The molecule has 2 nitrogen and oxygen atoms in total. The third-order valence-electron chi connectivity index (χ3n) is 1.33. The van der Waals surface area contributed by atoms with Gasteiger partial charge in [0, 0.05) is 12.5 Å². The SMILES string of the molecule is CC1CNN=C1C(F)F. The minimum absolute atomic E-state index is 0.0185. The highest BCUT2D eigenvalue weighted by molar-refractivity contribution is 5.90. The Morgan fingerprint density at radius 3 is 2.67 bits per heavy atom. The van der Waals surface area contributed by atoms with Crippen LogP contribution in [0, 0.1) is 5.92 Å². The molecule has 0 aromatic heterocycles. The van der Waals surface area contributed by atoms with E-state index < -0.39 is 6.43 Å². The second-order valence-corrected chi connectivity index (χ2v) is 2.10. The highest BCUT2D eigenvalue weighted by atomic mass is 19.3. The molecule has 9 heavy (non-hydrogen) atoms. The van der Waals surface area contributed by atoms with Crippen LogP contribution in [0.4, 0.5) is 8.78 Å². The van der Waals surface area contributed by atoms with Gasteiger partial charge in [0.1, 0.15) is 5.71 Å². The first-order chi connectivity index (χ1) is 4.22. The van der Waals surface area contributed by atoms with Crippen LogP contribution in [0.3, 0.4) is 0 Å². The number of rotatable bonds is 1. The quantitative estimate of drug-likeness (QED) is 0.564. The summed E-state index contributed by atoms with van der Waals surface area (Å²) in [5, 5.41) is 3.43. The number of nitrogens with one attached hydrogen (secondary N) is 1. The zero-order valence-electron chi connectivity index (χ0n) is 5.06. The second-order valence-electron chi connectivity index (χ2n) is 2.10. The maximum Gasteiger partial charge on any atom is 0.278 e. The Morgan fingerprint density at radius 2 is 2.44 bits per heavy atom. The predicted molar refractivity (Wildman–Crippen MR) is 30.6 cm³/mol. The molecule has 0 bridgehead atoms. The fourth-order valence-electron chi connectivity index (χ4n) is 0.752. The van der Waals surface area contributed by atoms with Gasteiger partial charge in [0.2, 0.25) is 0 Å². The van der Waals surface area contributed by atoms with Crippen LogP contribution < -0.4 is 5.43 Å². The van der Waals surface area contributed by atoms with Gasteiger partial charge in [-0.25, -0.2) is 8.78 Å². The normalized spacial score (nSPS) is 26.2. The Labute approximate surface area is 51.9 Å². The first-order valence-corrected chi connectivity index (χ1v) is 2.80. The summed E-state index contributed by atoms with van der Waals surface area (Å²) in [6.45, 7) is 2.27. The summed E-state index contributed by atoms with van der Waals surface area (Å²) >= 11 is 0. The molecule has 0 aliphatic carbocycles. The van der Waals surface area contributed by atoms with Gasteiger partial charge in [-0.1, -0.05) is 6.92 Å². The fourth-order valence-corrected chi connectivity index (χ4v) is 0.752. The highest BCUT2D eigenvalue weighted by Crippen LogP contribution is 2.10. The molecule has 0 radical (unpaired) electrons. The van der Waals surface area contributed by atoms with E-state index in [0.29, 0.717) is 6.54 Å². The zero-order chi connectivity index (χ0) is 6.85. The number of halogens is 2. The van der Waals surface area contributed by atoms with E-state index in [-0.39, 0.29) is 11.6 Å². The molecule has 1 N–H and O–H groups in total. The van der Waals surface area contributed by atoms with Gasteiger partial charge in [-0.05, 0) is 0 Å². The highest BCUT2D eigenvalue weighted by Gasteiger charge is 2.24. The standard InChI is InChI=1S/C5H8F2N2/c1-3-2-8-9-4(3)5(6)7/h3,5,8H,2H2,1H3. The Hall–Kier alpha value is -0.670. The van der Waals surface area contributed by atoms with E-state index in [1.807, 2.05) is 0 Å². The Balaban J connectivity index is 2.57. The van der Waals surface area contributed by atoms with Crippen molar-refractivity contribution in [2.45, 2.75) is 13.3 Å². The Morgan fingerprint density at radius 1 is 1.78 bits per heavy atom. The molecule has 0 fully saturated rings. The predicted octanol–water partition coefficient (Wildman–Crippen LogP) is 0.847. The van der Waals surface area contributed by atoms with Gasteiger partial charge < -0.3 is 5.43 Å². The molecule has 0 aromatic rings. The molecule has 0 spiro atoms. The first-order valence-electron chi connectivity index (χ1n) is 2.80. The Kier molecular flexibility index (Phi) is 1.64. The lowest BCUT2D eigenvalue weighted by Crippen LogP contribution is -2.17. The molecule has 1 heterocycles. The summed E-state index contributed by atoms with van der Waals surface area (Å²) in [6, 6.07) is 0. The lowest BCUT2D eigenvalue weighted by atomic mass is 10.1. The van der Waals surface area contributed by atoms with E-state index in [9.17, 15) is 8.78 Å². The van der Waals surface area contributed by atoms with E-state index in [1.165, 1.54) is 0 Å². The molecular formula is C5H8F2N2. The van der Waals surface area contributed by atoms with Crippen molar-refractivity contribution in [1.29, 1.82) is 0 Å². The van der Waals surface area contributed by atoms with Gasteiger partial charge >= 0.3 is 0 Å². The smallest absolute Gasteiger partial charge is 0.278 e. The average molecular weight is 134 g/mol. The van der Waals surface area contributed by atoms with E-state index in [0.717, 1.165) is 0 Å². The van der Waals surface area contributed by atoms with E-state index in [4.69, 9.17) is 0 Å². The van der Waals surface area contributed by atoms with Gasteiger partial charge in [-0.2, -0.15) is 5.10 Å². The zero-order valence-corrected chi connectivity index (χ0v) is 5.06. The summed E-state index contributed by atoms with van der Waals surface area (Å²) in [4.78, 5) is 0. The minimum atomic E-state index is -2.39. The number of alkyl halides is 2. The van der Waals surface area contributed by atoms with Crippen LogP contribution in [-0.2, 0) is 0 Å². The van der Waals surface area contributed by atoms with Gasteiger partial charge in [0.15, 0.2) is 0 Å². The largest absolute Gasteiger partial charge is 0.309 e. The lowest BCUT2D eigenvalue weighted by Gasteiger charge is -2.01. The molecule has 1 rings (SSSR count). The minimum Gasteiger partial charge on any atom is -0.309 e. The van der Waals surface area contributed by atoms with Crippen LogP contribution >= 0.6 is 0 Å². The first kappa shape index (κ1) is 6.45. The van der Waals surface area contributed by atoms with Gasteiger partial charge in [0.05, 0.1) is 0 Å². The number of hydrazone groups is 1. The topological polar surface area (TPSA) is 24.4 Å². The van der Waals surface area contributed by atoms with Crippen molar-refractivity contribution >= 4 is 5.71 Å². The maximum atomic E-state index is 11.8. The molecule has 1 aliphatic heterocycles. The molecule has 1 aliphatic rings. The summed E-state index contributed by atoms with van der Waals surface area (Å²) in [5.74, 6) is -0.106. The van der Waals surface area contributed by atoms with Crippen LogP contribution in [0.25, 0.3) is 0 Å². The van der Waals surface area contributed by atoms with Crippen LogP contribution in [0.1, 0.15) is 6.92 Å². The molecule has 1 atom stereocenters. The summed E-state index contributed by atoms with van der Waals surface area (Å²) in [6.07, 6.45) is -2.39. The lowest BCUT2D eigenvalue weighted by molar-refractivity contribution is 0.220. The third kappa shape index (κ3) is 1.17. The molecule has 0 aromatic carbocycles. The molecule has 0 amide bonds. The molecule has 52 valence electrons. The number of hydrogen-bond donors (Lipinski definition) is 1. The van der Waals surface area contributed by atoms with E-state index >= 15 is 0 Å². The van der Waals surface area contributed by atoms with Crippen molar-refractivity contribution in [3.63, 3.8) is 0 Å². The molecule has 1 unspecified atom stereocenters. The van der Waals surface area contributed by atoms with Crippen molar-refractivity contribution in [2.75, 3.05) is 6.54 Å². The summed E-state index contributed by atoms with van der Waals surface area (Å²) < 4.78 is 23.6. The second kappa shape index (κ2) is 2.29. The third-order valence-corrected chi connectivity index (χ3v) is 1.33. The van der Waals surface area contributed by atoms with Crippen LogP contribution in [0.15, 0.2) is 5.10 Å². The summed E-state index contributed by atoms with van der Waals surface area (Å²) in [5.41, 5.74) is 2.49. The number of nitrogens with zero attached hydrogens (tertiary/aromatic N) is 1. The van der Waals surface area contributed by atoms with Crippen molar-refractivity contribution in [1.82, 2.24) is 5.43 Å².